The largest absolute Gasteiger partial charge is 0.381 e. The predicted octanol–water partition coefficient (Wildman–Crippen LogP) is 0.690. The van der Waals surface area contributed by atoms with Crippen LogP contribution in [-0.4, -0.2) is 43.8 Å². The lowest BCUT2D eigenvalue weighted by molar-refractivity contribution is 0.111. The van der Waals surface area contributed by atoms with Gasteiger partial charge in [-0.2, -0.15) is 0 Å². The summed E-state index contributed by atoms with van der Waals surface area (Å²) in [4.78, 5) is 2.19. The van der Waals surface area contributed by atoms with Crippen LogP contribution in [0.1, 0.15) is 20.3 Å². The molecule has 3 heteroatoms. The molecule has 0 bridgehead atoms. The highest BCUT2D eigenvalue weighted by molar-refractivity contribution is 4.94. The van der Waals surface area contributed by atoms with Crippen LogP contribution in [0, 0.1) is 5.92 Å². The maximum Gasteiger partial charge on any atom is 0.0510 e. The molecule has 0 spiro atoms. The second kappa shape index (κ2) is 3.95. The standard InChI is InChI=1S/C10H22N2O/c1-10(2,12(3)4)9(11)8-5-6-13-7-8/h8-9H,5-7,11H2,1-4H3. The molecule has 1 saturated heterocycles. The minimum absolute atomic E-state index is 0.0539. The summed E-state index contributed by atoms with van der Waals surface area (Å²) in [5, 5.41) is 0. The third-order valence-electron chi connectivity index (χ3n) is 3.44. The summed E-state index contributed by atoms with van der Waals surface area (Å²) in [6.45, 7) is 6.09. The molecule has 3 nitrogen and oxygen atoms in total. The molecule has 0 saturated carbocycles. The van der Waals surface area contributed by atoms with Crippen LogP contribution in [0.2, 0.25) is 0 Å². The molecule has 0 radical (unpaired) electrons. The molecule has 0 amide bonds. The summed E-state index contributed by atoms with van der Waals surface area (Å²) in [6, 6.07) is 0.199. The molecule has 0 aromatic rings. The maximum absolute atomic E-state index is 6.24. The molecule has 1 aliphatic rings. The number of rotatable bonds is 3. The Morgan fingerprint density at radius 3 is 2.46 bits per heavy atom. The monoisotopic (exact) mass is 186 g/mol. The Labute approximate surface area is 81.2 Å². The molecule has 1 aliphatic heterocycles. The van der Waals surface area contributed by atoms with E-state index in [4.69, 9.17) is 10.5 Å². The van der Waals surface area contributed by atoms with Crippen molar-refractivity contribution in [1.29, 1.82) is 0 Å². The van der Waals surface area contributed by atoms with Gasteiger partial charge in [0.25, 0.3) is 0 Å². The Bertz CT molecular complexity index is 162. The van der Waals surface area contributed by atoms with Gasteiger partial charge in [-0.1, -0.05) is 0 Å². The maximum atomic E-state index is 6.24. The second-order valence-corrected chi connectivity index (χ2v) is 4.70. The third-order valence-corrected chi connectivity index (χ3v) is 3.44. The van der Waals surface area contributed by atoms with Crippen LogP contribution in [0.5, 0.6) is 0 Å². The zero-order chi connectivity index (χ0) is 10.1. The van der Waals surface area contributed by atoms with Gasteiger partial charge in [-0.05, 0) is 34.4 Å². The Hall–Kier alpha value is -0.120. The van der Waals surface area contributed by atoms with Crippen molar-refractivity contribution in [2.45, 2.75) is 31.8 Å². The van der Waals surface area contributed by atoms with Crippen molar-refractivity contribution in [3.63, 3.8) is 0 Å². The number of likely N-dealkylation sites (N-methyl/N-ethyl adjacent to an activating group) is 1. The van der Waals surface area contributed by atoms with Crippen LogP contribution >= 0.6 is 0 Å². The van der Waals surface area contributed by atoms with Gasteiger partial charge >= 0.3 is 0 Å². The minimum atomic E-state index is 0.0539. The van der Waals surface area contributed by atoms with Crippen LogP contribution < -0.4 is 5.73 Å². The van der Waals surface area contributed by atoms with Crippen LogP contribution in [0.25, 0.3) is 0 Å². The molecular formula is C10H22N2O. The van der Waals surface area contributed by atoms with Crippen LogP contribution in [-0.2, 0) is 4.74 Å². The molecule has 78 valence electrons. The van der Waals surface area contributed by atoms with Gasteiger partial charge in [0, 0.05) is 24.1 Å². The normalized spacial score (nSPS) is 26.8. The summed E-state index contributed by atoms with van der Waals surface area (Å²) in [5.74, 6) is 0.525. The van der Waals surface area contributed by atoms with Crippen molar-refractivity contribution in [2.75, 3.05) is 27.3 Å². The molecule has 1 heterocycles. The summed E-state index contributed by atoms with van der Waals surface area (Å²) in [7, 11) is 4.16. The number of hydrogen-bond acceptors (Lipinski definition) is 3. The van der Waals surface area contributed by atoms with E-state index in [2.05, 4.69) is 32.8 Å². The van der Waals surface area contributed by atoms with Crippen molar-refractivity contribution in [2.24, 2.45) is 11.7 Å². The van der Waals surface area contributed by atoms with Crippen molar-refractivity contribution >= 4 is 0 Å². The summed E-state index contributed by atoms with van der Waals surface area (Å²) >= 11 is 0. The molecule has 0 aliphatic carbocycles. The van der Waals surface area contributed by atoms with Gasteiger partial charge in [-0.3, -0.25) is 0 Å². The fourth-order valence-electron chi connectivity index (χ4n) is 1.71. The van der Waals surface area contributed by atoms with Gasteiger partial charge in [0.2, 0.25) is 0 Å². The van der Waals surface area contributed by atoms with Crippen molar-refractivity contribution in [1.82, 2.24) is 4.90 Å². The zero-order valence-electron chi connectivity index (χ0n) is 9.21. The average Bonchev–Trinajstić information content (AvgIpc) is 2.54. The smallest absolute Gasteiger partial charge is 0.0510 e. The van der Waals surface area contributed by atoms with Crippen LogP contribution in [0.4, 0.5) is 0 Å². The first-order chi connectivity index (χ1) is 5.96. The summed E-state index contributed by atoms with van der Waals surface area (Å²) in [6.07, 6.45) is 1.11. The second-order valence-electron chi connectivity index (χ2n) is 4.70. The first kappa shape index (κ1) is 11.0. The molecule has 13 heavy (non-hydrogen) atoms. The average molecular weight is 186 g/mol. The number of ether oxygens (including phenoxy) is 1. The molecule has 0 aromatic heterocycles. The summed E-state index contributed by atoms with van der Waals surface area (Å²) in [5.41, 5.74) is 6.29. The number of nitrogens with zero attached hydrogens (tertiary/aromatic N) is 1. The van der Waals surface area contributed by atoms with Gasteiger partial charge in [-0.25, -0.2) is 0 Å². The van der Waals surface area contributed by atoms with E-state index in [1.165, 1.54) is 0 Å². The van der Waals surface area contributed by atoms with E-state index in [1.807, 2.05) is 0 Å². The van der Waals surface area contributed by atoms with E-state index in [9.17, 15) is 0 Å². The third kappa shape index (κ3) is 2.22. The Balaban J connectivity index is 2.58. The van der Waals surface area contributed by atoms with E-state index in [0.29, 0.717) is 5.92 Å². The van der Waals surface area contributed by atoms with E-state index in [0.717, 1.165) is 19.6 Å². The lowest BCUT2D eigenvalue weighted by atomic mass is 9.84. The highest BCUT2D eigenvalue weighted by atomic mass is 16.5. The highest BCUT2D eigenvalue weighted by Gasteiger charge is 2.36. The minimum Gasteiger partial charge on any atom is -0.381 e. The molecule has 0 aromatic carbocycles. The van der Waals surface area contributed by atoms with Gasteiger partial charge in [0.15, 0.2) is 0 Å². The van der Waals surface area contributed by atoms with E-state index >= 15 is 0 Å². The Morgan fingerprint density at radius 2 is 2.08 bits per heavy atom. The first-order valence-corrected chi connectivity index (χ1v) is 4.97. The van der Waals surface area contributed by atoms with Crippen LogP contribution in [0.3, 0.4) is 0 Å². The molecule has 2 atom stereocenters. The van der Waals surface area contributed by atoms with Crippen LogP contribution in [0.15, 0.2) is 0 Å². The first-order valence-electron chi connectivity index (χ1n) is 4.97. The summed E-state index contributed by atoms with van der Waals surface area (Å²) < 4.78 is 5.35. The molecule has 2 N–H and O–H groups in total. The lowest BCUT2D eigenvalue weighted by Crippen LogP contribution is -2.56. The van der Waals surface area contributed by atoms with E-state index < -0.39 is 0 Å². The van der Waals surface area contributed by atoms with Crippen molar-refractivity contribution in [3.05, 3.63) is 0 Å². The topological polar surface area (TPSA) is 38.5 Å². The fourth-order valence-corrected chi connectivity index (χ4v) is 1.71. The quantitative estimate of drug-likeness (QED) is 0.705. The molecule has 1 rings (SSSR count). The fraction of sp³-hybridized carbons (Fsp3) is 1.00. The number of nitrogens with two attached hydrogens (primary N) is 1. The zero-order valence-corrected chi connectivity index (χ0v) is 9.21. The van der Waals surface area contributed by atoms with Gasteiger partial charge in [0.05, 0.1) is 6.61 Å². The Morgan fingerprint density at radius 1 is 1.46 bits per heavy atom. The highest BCUT2D eigenvalue weighted by Crippen LogP contribution is 2.25. The van der Waals surface area contributed by atoms with Crippen molar-refractivity contribution < 1.29 is 4.74 Å². The number of hydrogen-bond donors (Lipinski definition) is 1. The molecule has 1 fully saturated rings. The van der Waals surface area contributed by atoms with Crippen molar-refractivity contribution in [3.8, 4) is 0 Å². The molecule has 2 unspecified atom stereocenters. The lowest BCUT2D eigenvalue weighted by Gasteiger charge is -2.40. The van der Waals surface area contributed by atoms with E-state index in [-0.39, 0.29) is 11.6 Å². The molecular weight excluding hydrogens is 164 g/mol. The SMILES string of the molecule is CN(C)C(C)(C)C(N)C1CCOC1. The van der Waals surface area contributed by atoms with Gasteiger partial charge in [0.1, 0.15) is 0 Å². The van der Waals surface area contributed by atoms with Gasteiger partial charge < -0.3 is 15.4 Å². The predicted molar refractivity (Wildman–Crippen MR) is 54.7 cm³/mol. The van der Waals surface area contributed by atoms with Gasteiger partial charge in [-0.15, -0.1) is 0 Å². The Kier molecular flexibility index (Phi) is 3.33. The van der Waals surface area contributed by atoms with E-state index in [1.54, 1.807) is 0 Å².